The highest BCUT2D eigenvalue weighted by molar-refractivity contribution is 9.10. The fourth-order valence-corrected chi connectivity index (χ4v) is 3.11. The van der Waals surface area contributed by atoms with Gasteiger partial charge >= 0.3 is 0 Å². The molecule has 0 bridgehead atoms. The van der Waals surface area contributed by atoms with Gasteiger partial charge in [0.1, 0.15) is 18.1 Å². The van der Waals surface area contributed by atoms with E-state index >= 15 is 0 Å². The van der Waals surface area contributed by atoms with Gasteiger partial charge in [-0.25, -0.2) is 8.78 Å². The highest BCUT2D eigenvalue weighted by Gasteiger charge is 2.10. The molecule has 0 aliphatic carbocycles. The van der Waals surface area contributed by atoms with Crippen LogP contribution in [0, 0.1) is 11.6 Å². The van der Waals surface area contributed by atoms with E-state index < -0.39 is 11.6 Å². The van der Waals surface area contributed by atoms with Gasteiger partial charge in [0.15, 0.2) is 11.6 Å². The third kappa shape index (κ3) is 5.70. The summed E-state index contributed by atoms with van der Waals surface area (Å²) in [6.07, 6.45) is 5.01. The number of rotatable bonds is 8. The molecule has 3 rings (SSSR count). The number of aromatic nitrogens is 1. The van der Waals surface area contributed by atoms with Crippen LogP contribution in [0.15, 0.2) is 65.4 Å². The molecule has 0 aliphatic heterocycles. The molecule has 3 nitrogen and oxygen atoms in total. The van der Waals surface area contributed by atoms with Crippen molar-refractivity contribution >= 4 is 21.7 Å². The lowest BCUT2D eigenvalue weighted by Crippen LogP contribution is -2.05. The first kappa shape index (κ1) is 20.1. The van der Waals surface area contributed by atoms with E-state index in [1.54, 1.807) is 12.4 Å². The third-order valence-electron chi connectivity index (χ3n) is 4.21. The quantitative estimate of drug-likeness (QED) is 0.433. The van der Waals surface area contributed by atoms with Crippen molar-refractivity contribution in [2.75, 3.05) is 0 Å². The van der Waals surface area contributed by atoms with Crippen molar-refractivity contribution < 1.29 is 18.3 Å². The van der Waals surface area contributed by atoms with Crippen LogP contribution >= 0.6 is 15.9 Å². The Morgan fingerprint density at radius 2 is 1.71 bits per heavy atom. The monoisotopic (exact) mass is 445 g/mol. The summed E-state index contributed by atoms with van der Waals surface area (Å²) in [5, 5.41) is 0. The van der Waals surface area contributed by atoms with Gasteiger partial charge in [0, 0.05) is 31.3 Å². The minimum atomic E-state index is -0.960. The summed E-state index contributed by atoms with van der Waals surface area (Å²) in [4.78, 5) is 16.2. The second kappa shape index (κ2) is 9.55. The number of hydrogen-bond acceptors (Lipinski definition) is 3. The molecule has 0 saturated carbocycles. The Morgan fingerprint density at radius 1 is 1.00 bits per heavy atom. The lowest BCUT2D eigenvalue weighted by molar-refractivity contribution is -0.118. The molecule has 144 valence electrons. The predicted octanol–water partition coefficient (Wildman–Crippen LogP) is 5.45. The predicted molar refractivity (Wildman–Crippen MR) is 106 cm³/mol. The van der Waals surface area contributed by atoms with Gasteiger partial charge < -0.3 is 4.74 Å². The molecule has 0 unspecified atom stereocenters. The van der Waals surface area contributed by atoms with E-state index in [-0.39, 0.29) is 18.1 Å². The molecule has 3 aromatic rings. The minimum Gasteiger partial charge on any atom is -0.488 e. The average molecular weight is 446 g/mol. The molecule has 0 amide bonds. The van der Waals surface area contributed by atoms with Crippen molar-refractivity contribution in [3.05, 3.63) is 93.7 Å². The van der Waals surface area contributed by atoms with Gasteiger partial charge in [0.05, 0.1) is 4.47 Å². The molecule has 0 atom stereocenters. The molecule has 1 aromatic heterocycles. The number of aryl methyl sites for hydroxylation is 1. The van der Waals surface area contributed by atoms with E-state index in [0.717, 1.165) is 28.8 Å². The summed E-state index contributed by atoms with van der Waals surface area (Å²) in [6.45, 7) is 0.207. The van der Waals surface area contributed by atoms with Crippen LogP contribution in [0.1, 0.15) is 23.1 Å². The largest absolute Gasteiger partial charge is 0.488 e. The fraction of sp³-hybridized carbons (Fsp3) is 0.182. The molecule has 0 spiro atoms. The molecule has 0 aliphatic rings. The summed E-state index contributed by atoms with van der Waals surface area (Å²) in [7, 11) is 0. The van der Waals surface area contributed by atoms with Crippen LogP contribution < -0.4 is 4.74 Å². The molecule has 0 N–H and O–H groups in total. The highest BCUT2D eigenvalue weighted by Crippen LogP contribution is 2.28. The van der Waals surface area contributed by atoms with Gasteiger partial charge in [-0.15, -0.1) is 0 Å². The number of nitrogens with zero attached hydrogens (tertiary/aromatic N) is 1. The van der Waals surface area contributed by atoms with Crippen molar-refractivity contribution in [2.45, 2.75) is 25.9 Å². The maximum Gasteiger partial charge on any atom is 0.162 e. The van der Waals surface area contributed by atoms with Gasteiger partial charge in [0.2, 0.25) is 0 Å². The lowest BCUT2D eigenvalue weighted by Gasteiger charge is -2.09. The summed E-state index contributed by atoms with van der Waals surface area (Å²) in [5.41, 5.74) is 2.84. The molecular weight excluding hydrogens is 428 g/mol. The SMILES string of the molecule is O=C(CCc1cccnc1)Cc1ccc(COc2cc(F)c(F)cc2Br)cc1. The van der Waals surface area contributed by atoms with Crippen LogP contribution in [0.5, 0.6) is 5.75 Å². The molecule has 1 heterocycles. The molecule has 28 heavy (non-hydrogen) atoms. The number of halogens is 3. The van der Waals surface area contributed by atoms with Crippen LogP contribution in [0.2, 0.25) is 0 Å². The van der Waals surface area contributed by atoms with E-state index in [4.69, 9.17) is 4.74 Å². The zero-order valence-electron chi connectivity index (χ0n) is 15.0. The van der Waals surface area contributed by atoms with Crippen LogP contribution in [-0.2, 0) is 24.2 Å². The molecular formula is C22H18BrF2NO2. The summed E-state index contributed by atoms with van der Waals surface area (Å²) in [5.74, 6) is -1.50. The molecule has 0 radical (unpaired) electrons. The second-order valence-electron chi connectivity index (χ2n) is 6.38. The summed E-state index contributed by atoms with van der Waals surface area (Å²) >= 11 is 3.15. The number of ether oxygens (including phenoxy) is 1. The Hall–Kier alpha value is -2.60. The van der Waals surface area contributed by atoms with Gasteiger partial charge in [0.25, 0.3) is 0 Å². The normalized spacial score (nSPS) is 10.7. The number of pyridine rings is 1. The number of carbonyl (C=O) groups is 1. The maximum atomic E-state index is 13.3. The first-order chi connectivity index (χ1) is 13.5. The first-order valence-corrected chi connectivity index (χ1v) is 9.56. The summed E-state index contributed by atoms with van der Waals surface area (Å²) < 4.78 is 32.3. The molecule has 0 saturated heterocycles. The van der Waals surface area contributed by atoms with Gasteiger partial charge in [-0.2, -0.15) is 0 Å². The smallest absolute Gasteiger partial charge is 0.162 e. The van der Waals surface area contributed by atoms with Crippen molar-refractivity contribution in [3.8, 4) is 5.75 Å². The van der Waals surface area contributed by atoms with Crippen molar-refractivity contribution in [1.29, 1.82) is 0 Å². The average Bonchev–Trinajstić information content (AvgIpc) is 2.70. The number of carbonyl (C=O) groups excluding carboxylic acids is 1. The Morgan fingerprint density at radius 3 is 2.43 bits per heavy atom. The molecule has 6 heteroatoms. The van der Waals surface area contributed by atoms with Crippen LogP contribution in [0.4, 0.5) is 8.78 Å². The van der Waals surface area contributed by atoms with Gasteiger partial charge in [-0.1, -0.05) is 30.3 Å². The third-order valence-corrected chi connectivity index (χ3v) is 4.83. The lowest BCUT2D eigenvalue weighted by atomic mass is 10.0. The Bertz CT molecular complexity index is 947. The number of Topliss-reactive ketones (excluding diaryl/α,β-unsaturated/α-hetero) is 1. The maximum absolute atomic E-state index is 13.3. The van der Waals surface area contributed by atoms with E-state index in [1.807, 2.05) is 36.4 Å². The number of ketones is 1. The summed E-state index contributed by atoms with van der Waals surface area (Å²) in [6, 6.07) is 13.3. The van der Waals surface area contributed by atoms with Crippen molar-refractivity contribution in [3.63, 3.8) is 0 Å². The standard InChI is InChI=1S/C22H18BrF2NO2/c23-19-11-20(24)21(25)12-22(19)28-14-17-5-3-15(4-6-17)10-18(27)8-7-16-2-1-9-26-13-16/h1-6,9,11-13H,7-8,10,14H2. The second-order valence-corrected chi connectivity index (χ2v) is 7.23. The van der Waals surface area contributed by atoms with Crippen molar-refractivity contribution in [2.24, 2.45) is 0 Å². The first-order valence-electron chi connectivity index (χ1n) is 8.77. The molecule has 2 aromatic carbocycles. The number of hydrogen-bond donors (Lipinski definition) is 0. The zero-order chi connectivity index (χ0) is 19.9. The zero-order valence-corrected chi connectivity index (χ0v) is 16.6. The Kier molecular flexibility index (Phi) is 6.87. The van der Waals surface area contributed by atoms with Gasteiger partial charge in [-0.05, 0) is 51.2 Å². The van der Waals surface area contributed by atoms with Crippen LogP contribution in [-0.4, -0.2) is 10.8 Å². The fourth-order valence-electron chi connectivity index (χ4n) is 2.68. The van der Waals surface area contributed by atoms with Crippen LogP contribution in [0.3, 0.4) is 0 Å². The van der Waals surface area contributed by atoms with E-state index in [1.165, 1.54) is 0 Å². The van der Waals surface area contributed by atoms with Gasteiger partial charge in [-0.3, -0.25) is 9.78 Å². The van der Waals surface area contributed by atoms with Crippen molar-refractivity contribution in [1.82, 2.24) is 4.98 Å². The van der Waals surface area contributed by atoms with Crippen LogP contribution in [0.25, 0.3) is 0 Å². The molecule has 0 fully saturated rings. The Balaban J connectivity index is 1.50. The topological polar surface area (TPSA) is 39.2 Å². The number of benzene rings is 2. The Labute approximate surface area is 170 Å². The minimum absolute atomic E-state index is 0.165. The van der Waals surface area contributed by atoms with E-state index in [0.29, 0.717) is 23.7 Å². The highest BCUT2D eigenvalue weighted by atomic mass is 79.9. The van der Waals surface area contributed by atoms with E-state index in [2.05, 4.69) is 20.9 Å². The van der Waals surface area contributed by atoms with E-state index in [9.17, 15) is 13.6 Å².